The van der Waals surface area contributed by atoms with E-state index in [-0.39, 0.29) is 6.10 Å². The van der Waals surface area contributed by atoms with Crippen molar-refractivity contribution in [2.45, 2.75) is 12.2 Å². The van der Waals surface area contributed by atoms with Crippen molar-refractivity contribution in [1.29, 1.82) is 0 Å². The fourth-order valence-corrected chi connectivity index (χ4v) is 3.66. The lowest BCUT2D eigenvalue weighted by Crippen LogP contribution is -2.30. The Labute approximate surface area is 165 Å². The van der Waals surface area contributed by atoms with Gasteiger partial charge in [-0.1, -0.05) is 18.2 Å². The van der Waals surface area contributed by atoms with Crippen molar-refractivity contribution in [3.8, 4) is 0 Å². The Morgan fingerprint density at radius 3 is 2.04 bits per heavy atom. The molecule has 0 spiro atoms. The first kappa shape index (κ1) is 21.0. The summed E-state index contributed by atoms with van der Waals surface area (Å²) in [5, 5.41) is 23.4. The van der Waals surface area contributed by atoms with Gasteiger partial charge in [-0.05, 0) is 48.9 Å². The molecular formula is C20H28N2O2S2. The second kappa shape index (κ2) is 11.4. The molecule has 4 nitrogen and oxygen atoms in total. The van der Waals surface area contributed by atoms with Gasteiger partial charge in [-0.3, -0.25) is 0 Å². The van der Waals surface area contributed by atoms with Gasteiger partial charge in [0.15, 0.2) is 0 Å². The highest BCUT2D eigenvalue weighted by Gasteiger charge is 2.14. The molecule has 0 bridgehead atoms. The molecule has 2 rings (SSSR count). The van der Waals surface area contributed by atoms with Crippen LogP contribution in [0.1, 0.15) is 0 Å². The van der Waals surface area contributed by atoms with Gasteiger partial charge in [-0.15, -0.1) is 0 Å². The summed E-state index contributed by atoms with van der Waals surface area (Å²) in [5.74, 6) is 1.43. The number of aliphatic hydroxyl groups is 2. The molecule has 2 atom stereocenters. The van der Waals surface area contributed by atoms with E-state index in [1.165, 1.54) is 0 Å². The van der Waals surface area contributed by atoms with Crippen molar-refractivity contribution < 1.29 is 10.2 Å². The van der Waals surface area contributed by atoms with Crippen LogP contribution < -0.4 is 10.2 Å². The van der Waals surface area contributed by atoms with Crippen molar-refractivity contribution in [1.82, 2.24) is 0 Å². The van der Waals surface area contributed by atoms with Gasteiger partial charge < -0.3 is 20.4 Å². The van der Waals surface area contributed by atoms with Gasteiger partial charge in [0.25, 0.3) is 0 Å². The quantitative estimate of drug-likeness (QED) is 0.542. The van der Waals surface area contributed by atoms with E-state index in [0.29, 0.717) is 18.8 Å². The highest BCUT2D eigenvalue weighted by Crippen LogP contribution is 2.27. The van der Waals surface area contributed by atoms with Gasteiger partial charge in [-0.2, -0.15) is 23.5 Å². The summed E-state index contributed by atoms with van der Waals surface area (Å²) < 4.78 is 0. The van der Waals surface area contributed by atoms with E-state index in [0.717, 1.165) is 22.8 Å². The molecule has 6 heteroatoms. The summed E-state index contributed by atoms with van der Waals surface area (Å²) in [6.45, 7) is 1.08. The van der Waals surface area contributed by atoms with Crippen LogP contribution in [-0.2, 0) is 0 Å². The van der Waals surface area contributed by atoms with Crippen LogP contribution in [0.2, 0.25) is 0 Å². The zero-order valence-corrected chi connectivity index (χ0v) is 17.0. The number of nitrogens with zero attached hydrogens (tertiary/aromatic N) is 1. The number of para-hydroxylation sites is 1. The Morgan fingerprint density at radius 2 is 1.42 bits per heavy atom. The normalized spacial score (nSPS) is 13.2. The van der Waals surface area contributed by atoms with Gasteiger partial charge in [-0.25, -0.2) is 0 Å². The minimum Gasteiger partial charge on any atom is -0.390 e. The number of anilines is 3. The molecule has 0 aliphatic heterocycles. The molecule has 0 aliphatic carbocycles. The second-order valence-corrected chi connectivity index (χ2v) is 7.91. The number of hydrogen-bond donors (Lipinski definition) is 3. The third-order valence-electron chi connectivity index (χ3n) is 3.90. The van der Waals surface area contributed by atoms with E-state index in [9.17, 15) is 10.2 Å². The lowest BCUT2D eigenvalue weighted by atomic mass is 10.2. The van der Waals surface area contributed by atoms with Gasteiger partial charge in [0.05, 0.1) is 12.2 Å². The van der Waals surface area contributed by atoms with Crippen LogP contribution in [0.25, 0.3) is 0 Å². The summed E-state index contributed by atoms with van der Waals surface area (Å²) in [4.78, 5) is 2.13. The van der Waals surface area contributed by atoms with Crippen molar-refractivity contribution in [2.75, 3.05) is 47.3 Å². The summed E-state index contributed by atoms with van der Waals surface area (Å²) in [6.07, 6.45) is 3.24. The Morgan fingerprint density at radius 1 is 0.846 bits per heavy atom. The van der Waals surface area contributed by atoms with E-state index in [1.54, 1.807) is 23.5 Å². The van der Waals surface area contributed by atoms with E-state index >= 15 is 0 Å². The summed E-state index contributed by atoms with van der Waals surface area (Å²) in [7, 11) is 0. The number of rotatable bonds is 11. The largest absolute Gasteiger partial charge is 0.390 e. The predicted molar refractivity (Wildman–Crippen MR) is 117 cm³/mol. The molecule has 142 valence electrons. The number of hydrogen-bond acceptors (Lipinski definition) is 6. The SMILES string of the molecule is CSCC(O)CNc1ccc(N(CC(O)CSC)c2ccccc2)cc1. The summed E-state index contributed by atoms with van der Waals surface area (Å²) in [6, 6.07) is 18.2. The lowest BCUT2D eigenvalue weighted by molar-refractivity contribution is 0.207. The first-order valence-electron chi connectivity index (χ1n) is 8.64. The van der Waals surface area contributed by atoms with Crippen LogP contribution in [0, 0.1) is 0 Å². The second-order valence-electron chi connectivity index (χ2n) is 6.09. The molecule has 0 heterocycles. The third-order valence-corrected chi connectivity index (χ3v) is 5.34. The average molecular weight is 393 g/mol. The Bertz CT molecular complexity index is 625. The van der Waals surface area contributed by atoms with Crippen molar-refractivity contribution >= 4 is 40.6 Å². The Kier molecular flexibility index (Phi) is 9.18. The van der Waals surface area contributed by atoms with Crippen LogP contribution in [0.5, 0.6) is 0 Å². The van der Waals surface area contributed by atoms with E-state index in [1.807, 2.05) is 55.0 Å². The zero-order chi connectivity index (χ0) is 18.8. The van der Waals surface area contributed by atoms with Crippen LogP contribution in [0.3, 0.4) is 0 Å². The Balaban J connectivity index is 2.09. The third kappa shape index (κ3) is 6.76. The van der Waals surface area contributed by atoms with Crippen molar-refractivity contribution in [3.05, 3.63) is 54.6 Å². The maximum absolute atomic E-state index is 10.3. The number of thioether (sulfide) groups is 2. The molecule has 0 saturated heterocycles. The number of nitrogens with one attached hydrogen (secondary N) is 1. The predicted octanol–water partition coefficient (Wildman–Crippen LogP) is 3.68. The molecule has 0 aromatic heterocycles. The minimum atomic E-state index is -0.398. The fourth-order valence-electron chi connectivity index (χ4n) is 2.67. The fraction of sp³-hybridized carbons (Fsp3) is 0.400. The first-order valence-corrected chi connectivity index (χ1v) is 11.4. The van der Waals surface area contributed by atoms with Gasteiger partial charge >= 0.3 is 0 Å². The monoisotopic (exact) mass is 392 g/mol. The van der Waals surface area contributed by atoms with Crippen molar-refractivity contribution in [2.24, 2.45) is 0 Å². The lowest BCUT2D eigenvalue weighted by Gasteiger charge is -2.27. The molecule has 2 aromatic carbocycles. The van der Waals surface area contributed by atoms with Gasteiger partial charge in [0.2, 0.25) is 0 Å². The smallest absolute Gasteiger partial charge is 0.0809 e. The molecule has 2 aromatic rings. The summed E-state index contributed by atoms with van der Waals surface area (Å²) in [5.41, 5.74) is 3.07. The topological polar surface area (TPSA) is 55.7 Å². The van der Waals surface area contributed by atoms with Crippen LogP contribution in [0.15, 0.2) is 54.6 Å². The molecular weight excluding hydrogens is 364 g/mol. The number of aliphatic hydroxyl groups excluding tert-OH is 2. The molecule has 0 aliphatic rings. The molecule has 0 fully saturated rings. The molecule has 0 saturated carbocycles. The van der Waals surface area contributed by atoms with Crippen LogP contribution >= 0.6 is 23.5 Å². The highest BCUT2D eigenvalue weighted by atomic mass is 32.2. The van der Waals surface area contributed by atoms with E-state index in [2.05, 4.69) is 22.3 Å². The molecule has 0 amide bonds. The first-order chi connectivity index (χ1) is 12.6. The standard InChI is InChI=1S/C20H28N2O2S2/c1-25-14-19(23)12-21-16-8-10-18(11-9-16)22(13-20(24)15-26-2)17-6-4-3-5-7-17/h3-11,19-21,23-24H,12-15H2,1-2H3. The Hall–Kier alpha value is -1.34. The maximum atomic E-state index is 10.3. The minimum absolute atomic E-state index is 0.354. The average Bonchev–Trinajstić information content (AvgIpc) is 2.66. The molecule has 26 heavy (non-hydrogen) atoms. The van der Waals surface area contributed by atoms with E-state index in [4.69, 9.17) is 0 Å². The highest BCUT2D eigenvalue weighted by molar-refractivity contribution is 7.98. The molecule has 3 N–H and O–H groups in total. The zero-order valence-electron chi connectivity index (χ0n) is 15.3. The maximum Gasteiger partial charge on any atom is 0.0809 e. The molecule has 2 unspecified atom stereocenters. The molecule has 0 radical (unpaired) electrons. The van der Waals surface area contributed by atoms with Crippen molar-refractivity contribution in [3.63, 3.8) is 0 Å². The van der Waals surface area contributed by atoms with Gasteiger partial charge in [0.1, 0.15) is 0 Å². The van der Waals surface area contributed by atoms with Crippen LogP contribution in [-0.4, -0.2) is 59.5 Å². The van der Waals surface area contributed by atoms with Gasteiger partial charge in [0, 0.05) is 41.7 Å². The summed E-state index contributed by atoms with van der Waals surface area (Å²) >= 11 is 3.28. The van der Waals surface area contributed by atoms with E-state index < -0.39 is 6.10 Å². The number of benzene rings is 2. The van der Waals surface area contributed by atoms with Crippen LogP contribution in [0.4, 0.5) is 17.1 Å².